The van der Waals surface area contributed by atoms with Crippen molar-refractivity contribution in [2.45, 2.75) is 6.92 Å². The van der Waals surface area contributed by atoms with E-state index >= 15 is 0 Å². The molecule has 0 unspecified atom stereocenters. The molecule has 1 heterocycles. The van der Waals surface area contributed by atoms with Crippen molar-refractivity contribution in [3.8, 4) is 0 Å². The molecule has 2 N–H and O–H groups in total. The summed E-state index contributed by atoms with van der Waals surface area (Å²) in [6.07, 6.45) is 0. The first-order valence-corrected chi connectivity index (χ1v) is 6.91. The summed E-state index contributed by atoms with van der Waals surface area (Å²) in [5.41, 5.74) is 7.16. The maximum atomic E-state index is 12.4. The molecule has 0 atom stereocenters. The summed E-state index contributed by atoms with van der Waals surface area (Å²) >= 11 is 1.39. The van der Waals surface area contributed by atoms with Gasteiger partial charge in [0.2, 0.25) is 0 Å². The Kier molecular flexibility index (Phi) is 4.34. The average molecular weight is 279 g/mol. The molecule has 0 saturated carbocycles. The van der Waals surface area contributed by atoms with Gasteiger partial charge in [0.05, 0.1) is 16.8 Å². The lowest BCUT2D eigenvalue weighted by Gasteiger charge is -2.20. The number of methoxy groups -OCH3 is 1. The van der Waals surface area contributed by atoms with Gasteiger partial charge < -0.3 is 15.4 Å². The fourth-order valence-corrected chi connectivity index (χ4v) is 2.64. The maximum Gasteiger partial charge on any atom is 0.253 e. The summed E-state index contributed by atoms with van der Waals surface area (Å²) < 4.78 is 5.95. The number of carbonyl (C=O) groups is 1. The summed E-state index contributed by atoms with van der Waals surface area (Å²) in [5.74, 6) is 0.00780. The minimum Gasteiger partial charge on any atom is -0.383 e. The standard InChI is InChI=1S/C13H17N3O2S/c1-3-16(6-7-18-2)12(17)9-4-5-10-11(8-9)19-13(14)15-10/h4-5,8H,3,6-7H2,1-2H3,(H2,14,15). The van der Waals surface area contributed by atoms with Gasteiger partial charge in [-0.25, -0.2) is 4.98 Å². The zero-order valence-electron chi connectivity index (χ0n) is 11.0. The minimum atomic E-state index is 0.00780. The smallest absolute Gasteiger partial charge is 0.253 e. The Bertz CT molecular complexity index is 582. The number of benzene rings is 1. The third-order valence-corrected chi connectivity index (χ3v) is 3.73. The highest BCUT2D eigenvalue weighted by Gasteiger charge is 2.15. The van der Waals surface area contributed by atoms with Crippen LogP contribution >= 0.6 is 11.3 Å². The fourth-order valence-electron chi connectivity index (χ4n) is 1.86. The Morgan fingerprint density at radius 3 is 3.00 bits per heavy atom. The quantitative estimate of drug-likeness (QED) is 0.908. The molecule has 0 aliphatic heterocycles. The summed E-state index contributed by atoms with van der Waals surface area (Å²) in [5, 5.41) is 0.520. The topological polar surface area (TPSA) is 68.5 Å². The molecule has 6 heteroatoms. The van der Waals surface area contributed by atoms with Crippen LogP contribution in [0.1, 0.15) is 17.3 Å². The van der Waals surface area contributed by atoms with Crippen molar-refractivity contribution in [3.63, 3.8) is 0 Å². The van der Waals surface area contributed by atoms with Gasteiger partial charge in [-0.15, -0.1) is 0 Å². The van der Waals surface area contributed by atoms with Crippen LogP contribution in [0.5, 0.6) is 0 Å². The second-order valence-corrected chi connectivity index (χ2v) is 5.17. The molecule has 0 saturated heterocycles. The summed E-state index contributed by atoms with van der Waals surface area (Å²) in [4.78, 5) is 18.3. The first-order chi connectivity index (χ1) is 9.15. The molecule has 1 aromatic heterocycles. The summed E-state index contributed by atoms with van der Waals surface area (Å²) in [7, 11) is 1.63. The Labute approximate surface area is 116 Å². The van der Waals surface area contributed by atoms with Crippen molar-refractivity contribution >= 4 is 32.6 Å². The van der Waals surface area contributed by atoms with Gasteiger partial charge in [0.15, 0.2) is 5.13 Å². The lowest BCUT2D eigenvalue weighted by molar-refractivity contribution is 0.0706. The predicted octanol–water partition coefficient (Wildman–Crippen LogP) is 1.99. The zero-order valence-corrected chi connectivity index (χ0v) is 11.9. The van der Waals surface area contributed by atoms with Gasteiger partial charge in [0.1, 0.15) is 0 Å². The van der Waals surface area contributed by atoms with Crippen LogP contribution < -0.4 is 5.73 Å². The van der Waals surface area contributed by atoms with E-state index in [4.69, 9.17) is 10.5 Å². The molecule has 0 aliphatic rings. The van der Waals surface area contributed by atoms with E-state index in [0.29, 0.717) is 30.4 Å². The number of thiazole rings is 1. The molecule has 0 aliphatic carbocycles. The summed E-state index contributed by atoms with van der Waals surface area (Å²) in [6, 6.07) is 5.47. The lowest BCUT2D eigenvalue weighted by Crippen LogP contribution is -2.33. The van der Waals surface area contributed by atoms with Gasteiger partial charge in [0, 0.05) is 25.8 Å². The number of amides is 1. The number of carbonyl (C=O) groups excluding carboxylic acids is 1. The lowest BCUT2D eigenvalue weighted by atomic mass is 10.2. The highest BCUT2D eigenvalue weighted by atomic mass is 32.1. The number of likely N-dealkylation sites (N-methyl/N-ethyl adjacent to an activating group) is 1. The molecule has 102 valence electrons. The van der Waals surface area contributed by atoms with Gasteiger partial charge in [-0.2, -0.15) is 0 Å². The van der Waals surface area contributed by atoms with Crippen LogP contribution in [-0.4, -0.2) is 42.6 Å². The molecule has 1 aromatic carbocycles. The van der Waals surface area contributed by atoms with Crippen LogP contribution in [-0.2, 0) is 4.74 Å². The number of nitrogen functional groups attached to an aromatic ring is 1. The van der Waals surface area contributed by atoms with Crippen LogP contribution in [0.25, 0.3) is 10.2 Å². The number of hydrogen-bond donors (Lipinski definition) is 1. The molecule has 1 amide bonds. The first kappa shape index (κ1) is 13.8. The third kappa shape index (κ3) is 3.02. The summed E-state index contributed by atoms with van der Waals surface area (Å²) in [6.45, 7) is 3.74. The largest absolute Gasteiger partial charge is 0.383 e. The van der Waals surface area contributed by atoms with Crippen LogP contribution in [0, 0.1) is 0 Å². The molecule has 0 spiro atoms. The molecular weight excluding hydrogens is 262 g/mol. The molecule has 2 rings (SSSR count). The van der Waals surface area contributed by atoms with Gasteiger partial charge >= 0.3 is 0 Å². The molecule has 0 fully saturated rings. The third-order valence-electron chi connectivity index (χ3n) is 2.89. The molecule has 19 heavy (non-hydrogen) atoms. The van der Waals surface area contributed by atoms with Gasteiger partial charge in [-0.05, 0) is 25.1 Å². The van der Waals surface area contributed by atoms with Crippen molar-refractivity contribution in [1.29, 1.82) is 0 Å². The van der Waals surface area contributed by atoms with E-state index < -0.39 is 0 Å². The van der Waals surface area contributed by atoms with E-state index in [0.717, 1.165) is 10.2 Å². The number of nitrogens with zero attached hydrogens (tertiary/aromatic N) is 2. The van der Waals surface area contributed by atoms with Crippen LogP contribution in [0.2, 0.25) is 0 Å². The van der Waals surface area contributed by atoms with E-state index in [1.54, 1.807) is 18.1 Å². The van der Waals surface area contributed by atoms with Crippen molar-refractivity contribution in [1.82, 2.24) is 9.88 Å². The number of hydrogen-bond acceptors (Lipinski definition) is 5. The molecular formula is C13H17N3O2S. The monoisotopic (exact) mass is 279 g/mol. The highest BCUT2D eigenvalue weighted by Crippen LogP contribution is 2.25. The minimum absolute atomic E-state index is 0.00780. The zero-order chi connectivity index (χ0) is 13.8. The normalized spacial score (nSPS) is 10.8. The second kappa shape index (κ2) is 5.99. The van der Waals surface area contributed by atoms with E-state index in [-0.39, 0.29) is 5.91 Å². The van der Waals surface area contributed by atoms with Crippen LogP contribution in [0.4, 0.5) is 5.13 Å². The number of fused-ring (bicyclic) bond motifs is 1. The van der Waals surface area contributed by atoms with E-state index in [1.807, 2.05) is 19.1 Å². The molecule has 0 radical (unpaired) electrons. The Morgan fingerprint density at radius 1 is 1.53 bits per heavy atom. The Balaban J connectivity index is 2.24. The molecule has 0 bridgehead atoms. The van der Waals surface area contributed by atoms with Crippen molar-refractivity contribution in [2.24, 2.45) is 0 Å². The van der Waals surface area contributed by atoms with Crippen LogP contribution in [0.3, 0.4) is 0 Å². The SMILES string of the molecule is CCN(CCOC)C(=O)c1ccc2nc(N)sc2c1. The van der Waals surface area contributed by atoms with Crippen molar-refractivity contribution in [2.75, 3.05) is 32.5 Å². The Morgan fingerprint density at radius 2 is 2.32 bits per heavy atom. The van der Waals surface area contributed by atoms with Gasteiger partial charge in [-0.1, -0.05) is 11.3 Å². The van der Waals surface area contributed by atoms with Crippen molar-refractivity contribution < 1.29 is 9.53 Å². The van der Waals surface area contributed by atoms with Gasteiger partial charge in [0.25, 0.3) is 5.91 Å². The van der Waals surface area contributed by atoms with Gasteiger partial charge in [-0.3, -0.25) is 4.79 Å². The van der Waals surface area contributed by atoms with E-state index in [1.165, 1.54) is 11.3 Å². The number of ether oxygens (including phenoxy) is 1. The average Bonchev–Trinajstić information content (AvgIpc) is 2.78. The number of rotatable bonds is 5. The molecule has 2 aromatic rings. The number of aromatic nitrogens is 1. The fraction of sp³-hybridized carbons (Fsp3) is 0.385. The molecule has 5 nitrogen and oxygen atoms in total. The van der Waals surface area contributed by atoms with Crippen LogP contribution in [0.15, 0.2) is 18.2 Å². The number of anilines is 1. The predicted molar refractivity (Wildman–Crippen MR) is 77.5 cm³/mol. The maximum absolute atomic E-state index is 12.4. The van der Waals surface area contributed by atoms with E-state index in [9.17, 15) is 4.79 Å². The number of nitrogens with two attached hydrogens (primary N) is 1. The second-order valence-electron chi connectivity index (χ2n) is 4.11. The highest BCUT2D eigenvalue weighted by molar-refractivity contribution is 7.22. The first-order valence-electron chi connectivity index (χ1n) is 6.10. The van der Waals surface area contributed by atoms with Crippen molar-refractivity contribution in [3.05, 3.63) is 23.8 Å². The Hall–Kier alpha value is -1.66. The van der Waals surface area contributed by atoms with E-state index in [2.05, 4.69) is 4.98 Å².